The average molecular weight is 447 g/mol. The molecule has 2 N–H and O–H groups in total. The molecule has 0 unspecified atom stereocenters. The Morgan fingerprint density at radius 1 is 1.19 bits per heavy atom. The summed E-state index contributed by atoms with van der Waals surface area (Å²) in [6.45, 7) is 7.21. The van der Waals surface area contributed by atoms with Crippen LogP contribution in [0.5, 0.6) is 0 Å². The van der Waals surface area contributed by atoms with Gasteiger partial charge in [-0.1, -0.05) is 12.1 Å². The number of pyridine rings is 1. The molecule has 1 aromatic carbocycles. The maximum Gasteiger partial charge on any atom is 0.416 e. The number of benzene rings is 1. The molecule has 0 saturated carbocycles. The first kappa shape index (κ1) is 22.1. The molecule has 2 aromatic heterocycles. The third-order valence-corrected chi connectivity index (χ3v) is 5.79. The van der Waals surface area contributed by atoms with Crippen molar-refractivity contribution in [1.29, 1.82) is 0 Å². The number of fused-ring (bicyclic) bond motifs is 1. The Bertz CT molecular complexity index is 1200. The van der Waals surface area contributed by atoms with E-state index >= 15 is 0 Å². The normalized spacial score (nSPS) is 15.8. The summed E-state index contributed by atoms with van der Waals surface area (Å²) in [6.07, 6.45) is -4.43. The molecule has 3 aromatic rings. The third-order valence-electron chi connectivity index (χ3n) is 5.79. The summed E-state index contributed by atoms with van der Waals surface area (Å²) in [5.41, 5.74) is 1.36. The van der Waals surface area contributed by atoms with Crippen molar-refractivity contribution in [3.05, 3.63) is 57.0 Å². The van der Waals surface area contributed by atoms with Crippen LogP contribution in [-0.4, -0.2) is 41.5 Å². The average Bonchev–Trinajstić information content (AvgIpc) is 2.75. The van der Waals surface area contributed by atoms with E-state index in [0.717, 1.165) is 6.07 Å². The van der Waals surface area contributed by atoms with E-state index in [0.29, 0.717) is 60.0 Å². The van der Waals surface area contributed by atoms with Gasteiger partial charge in [0.25, 0.3) is 5.56 Å². The quantitative estimate of drug-likeness (QED) is 0.630. The Hall–Kier alpha value is -3.14. The lowest BCUT2D eigenvalue weighted by molar-refractivity contribution is -0.138. The minimum atomic E-state index is -4.43. The lowest BCUT2D eigenvalue weighted by Crippen LogP contribution is -2.39. The van der Waals surface area contributed by atoms with Gasteiger partial charge in [-0.2, -0.15) is 18.3 Å². The number of nitrogens with one attached hydrogen (secondary N) is 2. The van der Waals surface area contributed by atoms with E-state index in [9.17, 15) is 18.0 Å². The molecule has 0 spiro atoms. The fourth-order valence-corrected chi connectivity index (χ4v) is 4.08. The van der Waals surface area contributed by atoms with E-state index in [1.807, 2.05) is 4.90 Å². The van der Waals surface area contributed by atoms with Crippen LogP contribution >= 0.6 is 0 Å². The number of nitrogens with zero attached hydrogens (tertiary/aromatic N) is 3. The van der Waals surface area contributed by atoms with Gasteiger partial charge in [-0.25, -0.2) is 0 Å². The maximum absolute atomic E-state index is 13.3. The number of hydrogen-bond acceptors (Lipinski definition) is 6. The highest BCUT2D eigenvalue weighted by atomic mass is 19.4. The summed E-state index contributed by atoms with van der Waals surface area (Å²) < 4.78 is 45.4. The zero-order valence-electron chi connectivity index (χ0n) is 18.0. The predicted octanol–water partition coefficient (Wildman–Crippen LogP) is 3.96. The maximum atomic E-state index is 13.3. The van der Waals surface area contributed by atoms with E-state index in [1.54, 1.807) is 26.0 Å². The first-order valence-corrected chi connectivity index (χ1v) is 10.3. The first-order chi connectivity index (χ1) is 15.2. The largest absolute Gasteiger partial charge is 0.416 e. The number of halogens is 3. The number of anilines is 2. The number of aryl methyl sites for hydroxylation is 1. The summed E-state index contributed by atoms with van der Waals surface area (Å²) in [7, 11) is 0. The zero-order valence-corrected chi connectivity index (χ0v) is 18.0. The molecule has 1 aliphatic heterocycles. The Morgan fingerprint density at radius 2 is 1.91 bits per heavy atom. The highest BCUT2D eigenvalue weighted by molar-refractivity contribution is 5.92. The first-order valence-electron chi connectivity index (χ1n) is 10.3. The van der Waals surface area contributed by atoms with Gasteiger partial charge < -0.3 is 19.9 Å². The molecule has 170 valence electrons. The van der Waals surface area contributed by atoms with E-state index in [-0.39, 0.29) is 11.1 Å². The number of alkyl halides is 3. The van der Waals surface area contributed by atoms with Crippen molar-refractivity contribution >= 4 is 22.4 Å². The molecule has 3 heterocycles. The summed E-state index contributed by atoms with van der Waals surface area (Å²) in [5, 5.41) is 12.2. The van der Waals surface area contributed by atoms with Crippen molar-refractivity contribution in [2.75, 3.05) is 36.5 Å². The lowest BCUT2D eigenvalue weighted by atomic mass is 9.97. The van der Waals surface area contributed by atoms with E-state index in [1.165, 1.54) is 13.0 Å². The van der Waals surface area contributed by atoms with Crippen LogP contribution in [0.2, 0.25) is 0 Å². The van der Waals surface area contributed by atoms with Gasteiger partial charge in [0.2, 0.25) is 0 Å². The zero-order chi connectivity index (χ0) is 23.0. The van der Waals surface area contributed by atoms with Crippen LogP contribution in [-0.2, 0) is 10.9 Å². The Labute approximate surface area is 182 Å². The van der Waals surface area contributed by atoms with Crippen LogP contribution in [0.3, 0.4) is 0 Å². The Morgan fingerprint density at radius 3 is 2.59 bits per heavy atom. The highest BCUT2D eigenvalue weighted by Gasteiger charge is 2.33. The number of aromatic nitrogens is 3. The van der Waals surface area contributed by atoms with Crippen molar-refractivity contribution in [2.24, 2.45) is 0 Å². The van der Waals surface area contributed by atoms with Gasteiger partial charge in [-0.3, -0.25) is 4.79 Å². The summed E-state index contributed by atoms with van der Waals surface area (Å²) in [5.74, 6) is 0.390. The van der Waals surface area contributed by atoms with Crippen molar-refractivity contribution in [3.63, 3.8) is 0 Å². The molecule has 1 saturated heterocycles. The Kier molecular flexibility index (Phi) is 5.81. The van der Waals surface area contributed by atoms with Gasteiger partial charge >= 0.3 is 6.18 Å². The summed E-state index contributed by atoms with van der Waals surface area (Å²) in [6, 6.07) is 5.42. The second-order valence-electron chi connectivity index (χ2n) is 7.89. The fraction of sp³-hybridized carbons (Fsp3) is 0.409. The SMILES string of the molecule is Cc1c([C@@H](C)Nc2nnc(C)c3[nH]c(=O)c(N4CCOCC4)cc23)cccc1C(F)(F)F. The molecule has 4 rings (SSSR count). The second-order valence-corrected chi connectivity index (χ2v) is 7.89. The number of morpholine rings is 1. The minimum Gasteiger partial charge on any atom is -0.378 e. The smallest absolute Gasteiger partial charge is 0.378 e. The van der Waals surface area contributed by atoms with Crippen LogP contribution < -0.4 is 15.8 Å². The Balaban J connectivity index is 1.75. The molecule has 10 heteroatoms. The van der Waals surface area contributed by atoms with Gasteiger partial charge in [-0.05, 0) is 44.0 Å². The van der Waals surface area contributed by atoms with E-state index < -0.39 is 17.8 Å². The van der Waals surface area contributed by atoms with Crippen molar-refractivity contribution in [1.82, 2.24) is 15.2 Å². The van der Waals surface area contributed by atoms with Crippen LogP contribution in [0.15, 0.2) is 29.1 Å². The molecule has 0 bridgehead atoms. The van der Waals surface area contributed by atoms with Crippen LogP contribution in [0.25, 0.3) is 10.9 Å². The number of ether oxygens (including phenoxy) is 1. The molecule has 0 radical (unpaired) electrons. The van der Waals surface area contributed by atoms with Crippen LogP contribution in [0.1, 0.15) is 35.3 Å². The molecule has 1 aliphatic rings. The van der Waals surface area contributed by atoms with Crippen LogP contribution in [0, 0.1) is 13.8 Å². The molecule has 32 heavy (non-hydrogen) atoms. The second kappa shape index (κ2) is 8.42. The number of rotatable bonds is 4. The topological polar surface area (TPSA) is 83.1 Å². The number of hydrogen-bond donors (Lipinski definition) is 2. The monoisotopic (exact) mass is 447 g/mol. The standard InChI is InChI=1S/C22H24F3N5O2/c1-12-15(5-4-6-17(12)22(23,24)25)13(2)26-20-16-11-18(30-7-9-32-10-8-30)21(31)27-19(16)14(3)28-29-20/h4-6,11,13H,7-10H2,1-3H3,(H,26,29)(H,27,31)/t13-/m1/s1. The van der Waals surface area contributed by atoms with Crippen molar-refractivity contribution in [2.45, 2.75) is 33.0 Å². The van der Waals surface area contributed by atoms with Crippen LogP contribution in [0.4, 0.5) is 24.7 Å². The molecular formula is C22H24F3N5O2. The molecule has 1 atom stereocenters. The van der Waals surface area contributed by atoms with E-state index in [4.69, 9.17) is 4.74 Å². The van der Waals surface area contributed by atoms with Crippen molar-refractivity contribution in [3.8, 4) is 0 Å². The fourth-order valence-electron chi connectivity index (χ4n) is 4.08. The van der Waals surface area contributed by atoms with Gasteiger partial charge in [0.1, 0.15) is 5.69 Å². The van der Waals surface area contributed by atoms with Gasteiger partial charge in [0.05, 0.1) is 36.0 Å². The van der Waals surface area contributed by atoms with Gasteiger partial charge in [0.15, 0.2) is 5.82 Å². The molecule has 7 nitrogen and oxygen atoms in total. The molecule has 0 amide bonds. The van der Waals surface area contributed by atoms with E-state index in [2.05, 4.69) is 20.5 Å². The minimum absolute atomic E-state index is 0.159. The number of aromatic amines is 1. The van der Waals surface area contributed by atoms with Gasteiger partial charge in [-0.15, -0.1) is 5.10 Å². The summed E-state index contributed by atoms with van der Waals surface area (Å²) >= 11 is 0. The third kappa shape index (κ3) is 4.14. The van der Waals surface area contributed by atoms with Gasteiger partial charge in [0, 0.05) is 18.5 Å². The molecule has 1 fully saturated rings. The molecular weight excluding hydrogens is 423 g/mol. The predicted molar refractivity (Wildman–Crippen MR) is 116 cm³/mol. The number of H-pyrrole nitrogens is 1. The van der Waals surface area contributed by atoms with Crippen molar-refractivity contribution < 1.29 is 17.9 Å². The highest BCUT2D eigenvalue weighted by Crippen LogP contribution is 2.35. The molecule has 0 aliphatic carbocycles. The summed E-state index contributed by atoms with van der Waals surface area (Å²) in [4.78, 5) is 17.5. The lowest BCUT2D eigenvalue weighted by Gasteiger charge is -2.28.